The summed E-state index contributed by atoms with van der Waals surface area (Å²) in [7, 11) is -3.35. The van der Waals surface area contributed by atoms with Gasteiger partial charge in [-0.3, -0.25) is 9.59 Å². The van der Waals surface area contributed by atoms with Crippen molar-refractivity contribution in [2.75, 3.05) is 11.6 Å². The maximum atomic E-state index is 12.1. The van der Waals surface area contributed by atoms with Gasteiger partial charge in [0.15, 0.2) is 9.84 Å². The van der Waals surface area contributed by atoms with Crippen molar-refractivity contribution < 1.29 is 13.2 Å². The molecule has 0 radical (unpaired) electrons. The number of sulfone groups is 1. The van der Waals surface area contributed by atoms with Gasteiger partial charge in [-0.1, -0.05) is 6.07 Å². The zero-order chi connectivity index (χ0) is 15.6. The fraction of sp³-hybridized carbons (Fsp3) is 0.143. The van der Waals surface area contributed by atoms with Gasteiger partial charge in [-0.05, 0) is 30.7 Å². The highest BCUT2D eigenvalue weighted by atomic mass is 32.2. The Bertz CT molecular complexity index is 833. The first-order valence-corrected chi connectivity index (χ1v) is 7.97. The topological polar surface area (TPSA) is 96.1 Å². The van der Waals surface area contributed by atoms with E-state index in [1.165, 1.54) is 30.5 Å². The zero-order valence-electron chi connectivity index (χ0n) is 11.5. The normalized spacial score (nSPS) is 11.1. The van der Waals surface area contributed by atoms with Crippen molar-refractivity contribution >= 4 is 21.4 Å². The van der Waals surface area contributed by atoms with Crippen LogP contribution in [-0.2, 0) is 9.84 Å². The average molecular weight is 306 g/mol. The number of aromatic nitrogens is 1. The molecule has 0 atom stereocenters. The molecule has 1 aromatic carbocycles. The summed E-state index contributed by atoms with van der Waals surface area (Å²) in [6.45, 7) is 1.76. The predicted octanol–water partition coefficient (Wildman–Crippen LogP) is 1.34. The molecule has 2 rings (SSSR count). The van der Waals surface area contributed by atoms with Crippen LogP contribution in [0, 0.1) is 6.92 Å². The number of benzene rings is 1. The molecule has 1 aromatic heterocycles. The van der Waals surface area contributed by atoms with Gasteiger partial charge in [0.05, 0.1) is 10.5 Å². The van der Waals surface area contributed by atoms with Crippen molar-refractivity contribution in [1.82, 2.24) is 4.98 Å². The van der Waals surface area contributed by atoms with Crippen LogP contribution in [0.5, 0.6) is 0 Å². The molecule has 6 nitrogen and oxygen atoms in total. The maximum absolute atomic E-state index is 12.1. The molecule has 0 aliphatic carbocycles. The van der Waals surface area contributed by atoms with E-state index in [0.717, 1.165) is 11.8 Å². The zero-order valence-corrected chi connectivity index (χ0v) is 12.3. The quantitative estimate of drug-likeness (QED) is 0.894. The summed E-state index contributed by atoms with van der Waals surface area (Å²) < 4.78 is 23.1. The number of rotatable bonds is 3. The molecule has 2 aromatic rings. The smallest absolute Gasteiger partial charge is 0.257 e. The van der Waals surface area contributed by atoms with Gasteiger partial charge in [0.2, 0.25) is 5.56 Å². The van der Waals surface area contributed by atoms with E-state index in [1.54, 1.807) is 13.0 Å². The van der Waals surface area contributed by atoms with Crippen LogP contribution in [0.3, 0.4) is 0 Å². The lowest BCUT2D eigenvalue weighted by Gasteiger charge is -2.10. The average Bonchev–Trinajstić information content (AvgIpc) is 2.40. The third-order valence-corrected chi connectivity index (χ3v) is 4.04. The molecule has 110 valence electrons. The maximum Gasteiger partial charge on any atom is 0.257 e. The van der Waals surface area contributed by atoms with Crippen LogP contribution in [0.25, 0.3) is 0 Å². The van der Waals surface area contributed by atoms with Crippen molar-refractivity contribution in [3.05, 3.63) is 58.0 Å². The van der Waals surface area contributed by atoms with E-state index in [1.807, 2.05) is 0 Å². The SMILES string of the molecule is Cc1ccc(S(C)(=O)=O)cc1NC(=O)c1ccc(=O)[nH]c1. The van der Waals surface area contributed by atoms with Gasteiger partial charge in [0, 0.05) is 24.2 Å². The molecule has 0 aliphatic heterocycles. The summed E-state index contributed by atoms with van der Waals surface area (Å²) in [5.74, 6) is -0.431. The second-order valence-corrected chi connectivity index (χ2v) is 6.66. The van der Waals surface area contributed by atoms with Crippen molar-refractivity contribution in [2.24, 2.45) is 0 Å². The van der Waals surface area contributed by atoms with E-state index < -0.39 is 15.7 Å². The largest absolute Gasteiger partial charge is 0.328 e. The third-order valence-electron chi connectivity index (χ3n) is 2.93. The van der Waals surface area contributed by atoms with E-state index >= 15 is 0 Å². The lowest BCUT2D eigenvalue weighted by atomic mass is 10.2. The highest BCUT2D eigenvalue weighted by Gasteiger charge is 2.12. The summed E-state index contributed by atoms with van der Waals surface area (Å²) >= 11 is 0. The number of carbonyl (C=O) groups is 1. The van der Waals surface area contributed by atoms with Gasteiger partial charge >= 0.3 is 0 Å². The van der Waals surface area contributed by atoms with Crippen LogP contribution in [0.4, 0.5) is 5.69 Å². The molecule has 2 N–H and O–H groups in total. The Morgan fingerprint density at radius 3 is 2.48 bits per heavy atom. The number of pyridine rings is 1. The number of amides is 1. The number of nitrogens with one attached hydrogen (secondary N) is 2. The minimum atomic E-state index is -3.35. The molecule has 21 heavy (non-hydrogen) atoms. The van der Waals surface area contributed by atoms with Crippen LogP contribution in [0.15, 0.2) is 46.2 Å². The van der Waals surface area contributed by atoms with Gasteiger partial charge in [-0.25, -0.2) is 8.42 Å². The molecule has 0 spiro atoms. The van der Waals surface area contributed by atoms with E-state index in [-0.39, 0.29) is 16.0 Å². The Hall–Kier alpha value is -2.41. The van der Waals surface area contributed by atoms with Gasteiger partial charge in [0.25, 0.3) is 5.91 Å². The number of hydrogen-bond donors (Lipinski definition) is 2. The molecule has 0 fully saturated rings. The Kier molecular flexibility index (Phi) is 3.95. The Labute approximate surface area is 121 Å². The predicted molar refractivity (Wildman–Crippen MR) is 79.3 cm³/mol. The van der Waals surface area contributed by atoms with Crippen LogP contribution >= 0.6 is 0 Å². The highest BCUT2D eigenvalue weighted by Crippen LogP contribution is 2.20. The molecule has 0 saturated heterocycles. The molecular weight excluding hydrogens is 292 g/mol. The molecule has 1 heterocycles. The first-order valence-electron chi connectivity index (χ1n) is 6.08. The lowest BCUT2D eigenvalue weighted by Crippen LogP contribution is -2.15. The Morgan fingerprint density at radius 1 is 1.19 bits per heavy atom. The van der Waals surface area contributed by atoms with Crippen LogP contribution in [0.2, 0.25) is 0 Å². The molecule has 1 amide bonds. The Morgan fingerprint density at radius 2 is 1.90 bits per heavy atom. The van der Waals surface area contributed by atoms with Gasteiger partial charge < -0.3 is 10.3 Å². The second-order valence-electron chi connectivity index (χ2n) is 4.64. The molecule has 7 heteroatoms. The number of hydrogen-bond acceptors (Lipinski definition) is 4. The van der Waals surface area contributed by atoms with Gasteiger partial charge in [-0.15, -0.1) is 0 Å². The minimum absolute atomic E-state index is 0.130. The lowest BCUT2D eigenvalue weighted by molar-refractivity contribution is 0.102. The summed E-state index contributed by atoms with van der Waals surface area (Å²) in [5.41, 5.74) is 1.12. The van der Waals surface area contributed by atoms with Crippen molar-refractivity contribution in [3.63, 3.8) is 0 Å². The van der Waals surface area contributed by atoms with Crippen molar-refractivity contribution in [1.29, 1.82) is 0 Å². The number of aryl methyl sites for hydroxylation is 1. The van der Waals surface area contributed by atoms with E-state index in [9.17, 15) is 18.0 Å². The first kappa shape index (κ1) is 15.0. The van der Waals surface area contributed by atoms with Crippen molar-refractivity contribution in [3.8, 4) is 0 Å². The van der Waals surface area contributed by atoms with Crippen LogP contribution in [0.1, 0.15) is 15.9 Å². The number of aromatic amines is 1. The summed E-state index contributed by atoms with van der Waals surface area (Å²) in [6.07, 6.45) is 2.40. The minimum Gasteiger partial charge on any atom is -0.328 e. The van der Waals surface area contributed by atoms with Gasteiger partial charge in [0.1, 0.15) is 0 Å². The summed E-state index contributed by atoms with van der Waals surface area (Å²) in [6, 6.07) is 7.16. The second kappa shape index (κ2) is 5.53. The third kappa shape index (κ3) is 3.57. The van der Waals surface area contributed by atoms with E-state index in [4.69, 9.17) is 0 Å². The number of H-pyrrole nitrogens is 1. The van der Waals surface area contributed by atoms with Crippen LogP contribution < -0.4 is 10.9 Å². The van der Waals surface area contributed by atoms with E-state index in [0.29, 0.717) is 5.69 Å². The van der Waals surface area contributed by atoms with Crippen LogP contribution in [-0.4, -0.2) is 25.6 Å². The van der Waals surface area contributed by atoms with Crippen molar-refractivity contribution in [2.45, 2.75) is 11.8 Å². The Balaban J connectivity index is 2.33. The molecule has 0 saturated carbocycles. The number of carbonyl (C=O) groups excluding carboxylic acids is 1. The molecule has 0 aliphatic rings. The monoisotopic (exact) mass is 306 g/mol. The first-order chi connectivity index (χ1) is 9.77. The summed E-state index contributed by atoms with van der Waals surface area (Å²) in [5, 5.41) is 2.63. The summed E-state index contributed by atoms with van der Waals surface area (Å²) in [4.78, 5) is 25.5. The highest BCUT2D eigenvalue weighted by molar-refractivity contribution is 7.90. The standard InChI is InChI=1S/C14H14N2O4S/c1-9-3-5-11(21(2,19)20)7-12(9)16-14(18)10-4-6-13(17)15-8-10/h3-8H,1-2H3,(H,15,17)(H,16,18). The fourth-order valence-electron chi connectivity index (χ4n) is 1.71. The fourth-order valence-corrected chi connectivity index (χ4v) is 2.36. The van der Waals surface area contributed by atoms with Gasteiger partial charge in [-0.2, -0.15) is 0 Å². The van der Waals surface area contributed by atoms with E-state index in [2.05, 4.69) is 10.3 Å². The molecule has 0 bridgehead atoms. The molecule has 0 unspecified atom stereocenters. The number of anilines is 1. The molecular formula is C14H14N2O4S.